The molecule has 6 heteroatoms. The zero-order valence-corrected chi connectivity index (χ0v) is 9.44. The molecule has 0 spiro atoms. The number of carbonyl (C=O) groups is 1. The van der Waals surface area contributed by atoms with E-state index in [2.05, 4.69) is 32.3 Å². The van der Waals surface area contributed by atoms with Gasteiger partial charge in [-0.05, 0) is 19.4 Å². The van der Waals surface area contributed by atoms with Crippen molar-refractivity contribution in [2.24, 2.45) is 0 Å². The summed E-state index contributed by atoms with van der Waals surface area (Å²) in [6.07, 6.45) is 3.36. The maximum Gasteiger partial charge on any atom is 0.288 e. The third-order valence-corrected chi connectivity index (χ3v) is 3.00. The van der Waals surface area contributed by atoms with Crippen LogP contribution in [0.2, 0.25) is 0 Å². The van der Waals surface area contributed by atoms with Gasteiger partial charge in [0, 0.05) is 19.1 Å². The Morgan fingerprint density at radius 3 is 2.94 bits per heavy atom. The lowest BCUT2D eigenvalue weighted by atomic mass is 10.1. The number of H-pyrrole nitrogens is 1. The average Bonchev–Trinajstić information content (AvgIpc) is 2.83. The largest absolute Gasteiger partial charge is 0.347 e. The van der Waals surface area contributed by atoms with Gasteiger partial charge in [0.1, 0.15) is 6.33 Å². The van der Waals surface area contributed by atoms with Crippen LogP contribution in [0.5, 0.6) is 0 Å². The lowest BCUT2D eigenvalue weighted by Gasteiger charge is -2.31. The van der Waals surface area contributed by atoms with Gasteiger partial charge in [-0.3, -0.25) is 9.89 Å². The van der Waals surface area contributed by atoms with Crippen LogP contribution in [0.3, 0.4) is 0 Å². The molecule has 1 amide bonds. The molecule has 6 nitrogen and oxygen atoms in total. The first-order chi connectivity index (χ1) is 7.79. The molecule has 0 aromatic carbocycles. The lowest BCUT2D eigenvalue weighted by molar-refractivity contribution is 0.0902. The lowest BCUT2D eigenvalue weighted by Crippen LogP contribution is -2.44. The SMILES string of the molecule is CCN1CCC(NC(=O)c2ncn[nH]2)CC1. The maximum absolute atomic E-state index is 11.7. The molecule has 1 aromatic rings. The summed E-state index contributed by atoms with van der Waals surface area (Å²) in [6, 6.07) is 0.264. The average molecular weight is 223 g/mol. The Hall–Kier alpha value is -1.43. The normalized spacial score (nSPS) is 18.6. The fraction of sp³-hybridized carbons (Fsp3) is 0.700. The van der Waals surface area contributed by atoms with Crippen LogP contribution in [0.15, 0.2) is 6.33 Å². The van der Waals surface area contributed by atoms with E-state index in [0.717, 1.165) is 32.5 Å². The zero-order chi connectivity index (χ0) is 11.4. The van der Waals surface area contributed by atoms with Gasteiger partial charge in [-0.25, -0.2) is 4.98 Å². The van der Waals surface area contributed by atoms with E-state index in [-0.39, 0.29) is 17.8 Å². The standard InChI is InChI=1S/C10H17N5O/c1-2-15-5-3-8(4-6-15)13-10(16)9-11-7-12-14-9/h7-8H,2-6H2,1H3,(H,13,16)(H,11,12,14). The molecule has 0 atom stereocenters. The van der Waals surface area contributed by atoms with E-state index >= 15 is 0 Å². The molecule has 0 bridgehead atoms. The minimum absolute atomic E-state index is 0.160. The molecule has 16 heavy (non-hydrogen) atoms. The molecular formula is C10H17N5O. The van der Waals surface area contributed by atoms with E-state index in [1.54, 1.807) is 0 Å². The maximum atomic E-state index is 11.7. The fourth-order valence-corrected chi connectivity index (χ4v) is 1.96. The summed E-state index contributed by atoms with van der Waals surface area (Å²) in [6.45, 7) is 5.35. The Balaban J connectivity index is 1.81. The zero-order valence-electron chi connectivity index (χ0n) is 9.44. The molecule has 0 saturated carbocycles. The number of nitrogens with one attached hydrogen (secondary N) is 2. The number of hydrogen-bond acceptors (Lipinski definition) is 4. The predicted octanol–water partition coefficient (Wildman–Crippen LogP) is 0.0188. The minimum atomic E-state index is -0.160. The van der Waals surface area contributed by atoms with Gasteiger partial charge in [-0.15, -0.1) is 0 Å². The van der Waals surface area contributed by atoms with Crippen LogP contribution in [0, 0.1) is 0 Å². The Morgan fingerprint density at radius 2 is 2.38 bits per heavy atom. The summed E-state index contributed by atoms with van der Waals surface area (Å²) in [5, 5.41) is 9.19. The van der Waals surface area contributed by atoms with E-state index in [1.807, 2.05) is 0 Å². The number of nitrogens with zero attached hydrogens (tertiary/aromatic N) is 3. The van der Waals surface area contributed by atoms with Crippen molar-refractivity contribution in [2.45, 2.75) is 25.8 Å². The van der Waals surface area contributed by atoms with Crippen LogP contribution in [0.1, 0.15) is 30.4 Å². The first-order valence-electron chi connectivity index (χ1n) is 5.68. The second-order valence-corrected chi connectivity index (χ2v) is 4.02. The summed E-state index contributed by atoms with van der Waals surface area (Å²) >= 11 is 0. The van der Waals surface area contributed by atoms with Crippen molar-refractivity contribution in [3.63, 3.8) is 0 Å². The highest BCUT2D eigenvalue weighted by Gasteiger charge is 2.20. The van der Waals surface area contributed by atoms with Gasteiger partial charge < -0.3 is 10.2 Å². The van der Waals surface area contributed by atoms with Gasteiger partial charge >= 0.3 is 0 Å². The number of rotatable bonds is 3. The van der Waals surface area contributed by atoms with Crippen LogP contribution in [0.25, 0.3) is 0 Å². The number of aromatic amines is 1. The quantitative estimate of drug-likeness (QED) is 0.757. The van der Waals surface area contributed by atoms with E-state index in [9.17, 15) is 4.79 Å². The smallest absolute Gasteiger partial charge is 0.288 e. The summed E-state index contributed by atoms with van der Waals surface area (Å²) in [5.41, 5.74) is 0. The van der Waals surface area contributed by atoms with Gasteiger partial charge in [0.2, 0.25) is 5.82 Å². The second-order valence-electron chi connectivity index (χ2n) is 4.02. The van der Waals surface area contributed by atoms with Crippen molar-refractivity contribution in [3.8, 4) is 0 Å². The number of carbonyl (C=O) groups excluding carboxylic acids is 1. The van der Waals surface area contributed by atoms with Crippen LogP contribution in [-0.4, -0.2) is 51.7 Å². The summed E-state index contributed by atoms with van der Waals surface area (Å²) in [7, 11) is 0. The molecule has 2 heterocycles. The van der Waals surface area contributed by atoms with Crippen molar-refractivity contribution in [2.75, 3.05) is 19.6 Å². The Bertz CT molecular complexity index is 329. The third-order valence-electron chi connectivity index (χ3n) is 3.00. The van der Waals surface area contributed by atoms with Gasteiger partial charge in [-0.2, -0.15) is 5.10 Å². The van der Waals surface area contributed by atoms with E-state index < -0.39 is 0 Å². The number of piperidine rings is 1. The molecule has 2 rings (SSSR count). The van der Waals surface area contributed by atoms with Crippen molar-refractivity contribution in [1.29, 1.82) is 0 Å². The minimum Gasteiger partial charge on any atom is -0.347 e. The second kappa shape index (κ2) is 5.07. The number of aromatic nitrogens is 3. The molecule has 88 valence electrons. The fourth-order valence-electron chi connectivity index (χ4n) is 1.96. The molecule has 1 fully saturated rings. The molecule has 1 aliphatic rings. The van der Waals surface area contributed by atoms with Crippen molar-refractivity contribution in [1.82, 2.24) is 25.4 Å². The molecule has 0 aliphatic carbocycles. The van der Waals surface area contributed by atoms with Crippen LogP contribution >= 0.6 is 0 Å². The highest BCUT2D eigenvalue weighted by molar-refractivity contribution is 5.90. The molecule has 1 saturated heterocycles. The van der Waals surface area contributed by atoms with Crippen LogP contribution < -0.4 is 5.32 Å². The Labute approximate surface area is 94.4 Å². The van der Waals surface area contributed by atoms with E-state index in [0.29, 0.717) is 0 Å². The van der Waals surface area contributed by atoms with Crippen molar-refractivity contribution >= 4 is 5.91 Å². The third kappa shape index (κ3) is 2.57. The molecule has 0 unspecified atom stereocenters. The monoisotopic (exact) mass is 223 g/mol. The number of hydrogen-bond donors (Lipinski definition) is 2. The van der Waals surface area contributed by atoms with E-state index in [4.69, 9.17) is 0 Å². The number of likely N-dealkylation sites (tertiary alicyclic amines) is 1. The first kappa shape index (κ1) is 11.1. The number of amides is 1. The van der Waals surface area contributed by atoms with Crippen LogP contribution in [-0.2, 0) is 0 Å². The van der Waals surface area contributed by atoms with Gasteiger partial charge in [0.05, 0.1) is 0 Å². The molecular weight excluding hydrogens is 206 g/mol. The van der Waals surface area contributed by atoms with Crippen molar-refractivity contribution in [3.05, 3.63) is 12.2 Å². The summed E-state index contributed by atoms with van der Waals surface area (Å²) in [4.78, 5) is 17.9. The molecule has 2 N–H and O–H groups in total. The topological polar surface area (TPSA) is 73.9 Å². The van der Waals surface area contributed by atoms with Gasteiger partial charge in [-0.1, -0.05) is 6.92 Å². The molecule has 1 aromatic heterocycles. The van der Waals surface area contributed by atoms with Crippen LogP contribution in [0.4, 0.5) is 0 Å². The van der Waals surface area contributed by atoms with E-state index in [1.165, 1.54) is 6.33 Å². The first-order valence-corrected chi connectivity index (χ1v) is 5.68. The van der Waals surface area contributed by atoms with Gasteiger partial charge in [0.15, 0.2) is 0 Å². The highest BCUT2D eigenvalue weighted by atomic mass is 16.2. The molecule has 1 aliphatic heterocycles. The predicted molar refractivity (Wildman–Crippen MR) is 59.0 cm³/mol. The highest BCUT2D eigenvalue weighted by Crippen LogP contribution is 2.09. The summed E-state index contributed by atoms with van der Waals surface area (Å²) < 4.78 is 0. The molecule has 0 radical (unpaired) electrons. The van der Waals surface area contributed by atoms with Crippen molar-refractivity contribution < 1.29 is 4.79 Å². The van der Waals surface area contributed by atoms with Gasteiger partial charge in [0.25, 0.3) is 5.91 Å². The summed E-state index contributed by atoms with van der Waals surface area (Å²) in [5.74, 6) is 0.130. The Morgan fingerprint density at radius 1 is 1.62 bits per heavy atom. The Kier molecular flexibility index (Phi) is 3.51.